The predicted molar refractivity (Wildman–Crippen MR) is 113 cm³/mol. The largest absolute Gasteiger partial charge is 0.493 e. The van der Waals surface area contributed by atoms with Crippen molar-refractivity contribution in [1.29, 1.82) is 0 Å². The van der Waals surface area contributed by atoms with Crippen LogP contribution in [-0.2, 0) is 4.74 Å². The molecule has 0 amide bonds. The molecule has 1 fully saturated rings. The minimum absolute atomic E-state index is 0.0565. The lowest BCUT2D eigenvalue weighted by molar-refractivity contribution is -0.384. The van der Waals surface area contributed by atoms with Gasteiger partial charge in [0.25, 0.3) is 5.69 Å². The van der Waals surface area contributed by atoms with Crippen molar-refractivity contribution in [2.75, 3.05) is 33.4 Å². The average Bonchev–Trinajstić information content (AvgIpc) is 2.75. The van der Waals surface area contributed by atoms with Gasteiger partial charge in [-0.1, -0.05) is 18.3 Å². The quantitative estimate of drug-likeness (QED) is 0.211. The molecule has 0 aliphatic carbocycles. The first-order chi connectivity index (χ1) is 13.9. The molecule has 0 saturated carbocycles. The maximum atomic E-state index is 12.5. The van der Waals surface area contributed by atoms with Crippen LogP contribution in [0.5, 0.6) is 11.5 Å². The molecule has 1 saturated heterocycles. The number of nitro benzene ring substituents is 1. The second kappa shape index (κ2) is 9.29. The molecule has 29 heavy (non-hydrogen) atoms. The van der Waals surface area contributed by atoms with E-state index in [2.05, 4.69) is 15.9 Å². The van der Waals surface area contributed by atoms with Crippen LogP contribution < -0.4 is 9.47 Å². The summed E-state index contributed by atoms with van der Waals surface area (Å²) in [6.45, 7) is 2.61. The monoisotopic (exact) mass is 480 g/mol. The molecule has 1 aliphatic heterocycles. The Hall–Kier alpha value is -2.56. The zero-order valence-electron chi connectivity index (χ0n) is 15.4. The molecule has 0 N–H and O–H groups in total. The van der Waals surface area contributed by atoms with Crippen molar-refractivity contribution < 1.29 is 23.9 Å². The van der Waals surface area contributed by atoms with E-state index in [1.807, 2.05) is 4.90 Å². The normalized spacial score (nSPS) is 13.7. The highest BCUT2D eigenvalue weighted by Crippen LogP contribution is 2.37. The lowest BCUT2D eigenvalue weighted by atomic mass is 10.1. The minimum atomic E-state index is -0.740. The second-order valence-electron chi connectivity index (χ2n) is 6.09. The summed E-state index contributed by atoms with van der Waals surface area (Å²) in [7, 11) is 1.45. The molecule has 0 bridgehead atoms. The van der Waals surface area contributed by atoms with Gasteiger partial charge in [0.1, 0.15) is 4.99 Å². The molecule has 152 valence electrons. The number of morpholine rings is 1. The number of carbonyl (C=O) groups excluding carboxylic acids is 1. The number of benzene rings is 2. The molecule has 2 aromatic rings. The van der Waals surface area contributed by atoms with Crippen LogP contribution in [0.3, 0.4) is 0 Å². The van der Waals surface area contributed by atoms with Gasteiger partial charge in [0, 0.05) is 30.8 Å². The Bertz CT molecular complexity index is 962. The van der Waals surface area contributed by atoms with Crippen molar-refractivity contribution in [3.63, 3.8) is 0 Å². The molecule has 0 unspecified atom stereocenters. The van der Waals surface area contributed by atoms with E-state index in [4.69, 9.17) is 26.4 Å². The third-order valence-corrected chi connectivity index (χ3v) is 5.35. The average molecular weight is 481 g/mol. The standard InChI is InChI=1S/C19H17BrN2O6S/c1-26-16-11-13(18(29)21-5-7-27-8-6-21)10-15(20)17(16)28-19(23)12-3-2-4-14(9-12)22(24)25/h2-4,9-11H,5-8H2,1H3. The highest BCUT2D eigenvalue weighted by atomic mass is 79.9. The molecule has 0 atom stereocenters. The number of methoxy groups -OCH3 is 1. The molecule has 8 nitrogen and oxygen atoms in total. The summed E-state index contributed by atoms with van der Waals surface area (Å²) in [6.07, 6.45) is 0. The van der Waals surface area contributed by atoms with Crippen LogP contribution in [-0.4, -0.2) is 54.2 Å². The third-order valence-electron chi connectivity index (χ3n) is 4.26. The maximum Gasteiger partial charge on any atom is 0.343 e. The number of nitrogens with zero attached hydrogens (tertiary/aromatic N) is 2. The molecule has 3 rings (SSSR count). The summed E-state index contributed by atoms with van der Waals surface area (Å²) >= 11 is 8.98. The summed E-state index contributed by atoms with van der Waals surface area (Å²) in [4.78, 5) is 25.5. The van der Waals surface area contributed by atoms with Crippen LogP contribution in [0.2, 0.25) is 0 Å². The first-order valence-electron chi connectivity index (χ1n) is 8.62. The van der Waals surface area contributed by atoms with Crippen molar-refractivity contribution >= 4 is 44.8 Å². The van der Waals surface area contributed by atoms with Crippen molar-refractivity contribution in [1.82, 2.24) is 4.90 Å². The van der Waals surface area contributed by atoms with Crippen LogP contribution in [0.1, 0.15) is 15.9 Å². The highest BCUT2D eigenvalue weighted by Gasteiger charge is 2.22. The molecule has 0 aromatic heterocycles. The minimum Gasteiger partial charge on any atom is -0.493 e. The number of carbonyl (C=O) groups is 1. The van der Waals surface area contributed by atoms with E-state index < -0.39 is 10.9 Å². The van der Waals surface area contributed by atoms with Crippen molar-refractivity contribution in [3.8, 4) is 11.5 Å². The van der Waals surface area contributed by atoms with Gasteiger partial charge in [0.05, 0.1) is 35.3 Å². The van der Waals surface area contributed by atoms with E-state index in [0.717, 1.165) is 11.6 Å². The highest BCUT2D eigenvalue weighted by molar-refractivity contribution is 9.10. The Balaban J connectivity index is 1.86. The maximum absolute atomic E-state index is 12.5. The smallest absolute Gasteiger partial charge is 0.343 e. The molecule has 0 spiro atoms. The second-order valence-corrected chi connectivity index (χ2v) is 7.33. The number of hydrogen-bond donors (Lipinski definition) is 0. The fourth-order valence-corrected chi connectivity index (χ4v) is 3.61. The number of ether oxygens (including phenoxy) is 3. The van der Waals surface area contributed by atoms with Crippen molar-refractivity contribution in [2.45, 2.75) is 0 Å². The number of nitro groups is 1. The van der Waals surface area contributed by atoms with E-state index in [-0.39, 0.29) is 17.0 Å². The first kappa shape index (κ1) is 21.2. The molecule has 1 aliphatic rings. The summed E-state index contributed by atoms with van der Waals surface area (Å²) < 4.78 is 16.7. The van der Waals surface area contributed by atoms with Gasteiger partial charge in [-0.25, -0.2) is 4.79 Å². The van der Waals surface area contributed by atoms with Gasteiger partial charge in [-0.2, -0.15) is 0 Å². The summed E-state index contributed by atoms with van der Waals surface area (Å²) in [5.74, 6) is -0.266. The Morgan fingerprint density at radius 1 is 1.24 bits per heavy atom. The SMILES string of the molecule is COc1cc(C(=S)N2CCOCC2)cc(Br)c1OC(=O)c1cccc([N+](=O)[O-])c1. The third kappa shape index (κ3) is 4.89. The topological polar surface area (TPSA) is 91.1 Å². The molecule has 2 aromatic carbocycles. The van der Waals surface area contributed by atoms with Gasteiger partial charge in [0.2, 0.25) is 0 Å². The van der Waals surface area contributed by atoms with E-state index >= 15 is 0 Å². The molecular formula is C19H17BrN2O6S. The predicted octanol–water partition coefficient (Wildman–Crippen LogP) is 3.59. The van der Waals surface area contributed by atoms with Gasteiger partial charge in [-0.05, 0) is 34.1 Å². The number of non-ortho nitro benzene ring substituents is 1. The molecule has 1 heterocycles. The lowest BCUT2D eigenvalue weighted by Crippen LogP contribution is -2.40. The number of halogens is 1. The number of rotatable bonds is 5. The van der Waals surface area contributed by atoms with Gasteiger partial charge < -0.3 is 19.1 Å². The number of thiocarbonyl (C=S) groups is 1. The van der Waals surface area contributed by atoms with Crippen LogP contribution in [0.25, 0.3) is 0 Å². The van der Waals surface area contributed by atoms with E-state index in [1.165, 1.54) is 25.3 Å². The van der Waals surface area contributed by atoms with Crippen LogP contribution >= 0.6 is 28.1 Å². The zero-order valence-corrected chi connectivity index (χ0v) is 17.8. The van der Waals surface area contributed by atoms with Crippen LogP contribution in [0, 0.1) is 10.1 Å². The summed E-state index contributed by atoms with van der Waals surface area (Å²) in [5, 5.41) is 10.9. The fourth-order valence-electron chi connectivity index (χ4n) is 2.79. The fraction of sp³-hybridized carbons (Fsp3) is 0.263. The van der Waals surface area contributed by atoms with E-state index in [9.17, 15) is 14.9 Å². The van der Waals surface area contributed by atoms with Gasteiger partial charge >= 0.3 is 5.97 Å². The van der Waals surface area contributed by atoms with Gasteiger partial charge in [0.15, 0.2) is 11.5 Å². The zero-order chi connectivity index (χ0) is 21.0. The van der Waals surface area contributed by atoms with Gasteiger partial charge in [-0.15, -0.1) is 0 Å². The van der Waals surface area contributed by atoms with Crippen molar-refractivity contribution in [3.05, 3.63) is 62.1 Å². The van der Waals surface area contributed by atoms with Gasteiger partial charge in [-0.3, -0.25) is 10.1 Å². The number of hydrogen-bond acceptors (Lipinski definition) is 7. The molecular weight excluding hydrogens is 464 g/mol. The number of esters is 1. The summed E-state index contributed by atoms with van der Waals surface area (Å²) in [6, 6.07) is 8.76. The van der Waals surface area contributed by atoms with E-state index in [1.54, 1.807) is 12.1 Å². The Morgan fingerprint density at radius 2 is 1.97 bits per heavy atom. The Kier molecular flexibility index (Phi) is 6.78. The first-order valence-corrected chi connectivity index (χ1v) is 9.82. The van der Waals surface area contributed by atoms with Crippen LogP contribution in [0.4, 0.5) is 5.69 Å². The summed E-state index contributed by atoms with van der Waals surface area (Å²) in [5.41, 5.74) is 0.596. The molecule has 10 heteroatoms. The Morgan fingerprint density at radius 3 is 2.62 bits per heavy atom. The Labute approximate surface area is 180 Å². The van der Waals surface area contributed by atoms with Crippen molar-refractivity contribution in [2.24, 2.45) is 0 Å². The van der Waals surface area contributed by atoms with Crippen LogP contribution in [0.15, 0.2) is 40.9 Å². The van der Waals surface area contributed by atoms with E-state index in [0.29, 0.717) is 41.5 Å². The lowest BCUT2D eigenvalue weighted by Gasteiger charge is -2.29. The molecule has 0 radical (unpaired) electrons.